The maximum absolute atomic E-state index is 14.5. The summed E-state index contributed by atoms with van der Waals surface area (Å²) in [5.41, 5.74) is 7.36. The van der Waals surface area contributed by atoms with Crippen LogP contribution in [0.1, 0.15) is 22.8 Å². The van der Waals surface area contributed by atoms with Crippen molar-refractivity contribution in [3.05, 3.63) is 65.5 Å². The molecule has 0 aliphatic carbocycles. The summed E-state index contributed by atoms with van der Waals surface area (Å²) in [6.45, 7) is 1.35. The van der Waals surface area contributed by atoms with E-state index in [1.165, 1.54) is 48.2 Å². The van der Waals surface area contributed by atoms with Gasteiger partial charge in [-0.3, -0.25) is 4.79 Å². The second kappa shape index (κ2) is 7.48. The van der Waals surface area contributed by atoms with Crippen molar-refractivity contribution in [1.29, 1.82) is 5.26 Å². The van der Waals surface area contributed by atoms with E-state index in [0.717, 1.165) is 0 Å². The van der Waals surface area contributed by atoms with Gasteiger partial charge in [-0.15, -0.1) is 0 Å². The highest BCUT2D eigenvalue weighted by Crippen LogP contribution is 2.32. The molecule has 0 aliphatic rings. The smallest absolute Gasteiger partial charge is 0.159 e. The van der Waals surface area contributed by atoms with Crippen LogP contribution in [0.2, 0.25) is 0 Å². The number of nitrogens with two attached hydrogens (primary N) is 1. The molecule has 7 heteroatoms. The number of fused-ring (bicyclic) bond motifs is 1. The Bertz CT molecular complexity index is 1110. The van der Waals surface area contributed by atoms with Gasteiger partial charge in [0, 0.05) is 23.2 Å². The van der Waals surface area contributed by atoms with Crippen molar-refractivity contribution in [3.8, 4) is 17.2 Å². The number of halogens is 2. The molecule has 27 heavy (non-hydrogen) atoms. The van der Waals surface area contributed by atoms with Crippen molar-refractivity contribution in [2.45, 2.75) is 13.5 Å². The Labute approximate surface area is 154 Å². The Morgan fingerprint density at radius 1 is 1.33 bits per heavy atom. The van der Waals surface area contributed by atoms with Gasteiger partial charge in [-0.05, 0) is 43.3 Å². The normalized spacial score (nSPS) is 11.6. The van der Waals surface area contributed by atoms with Gasteiger partial charge in [0.05, 0.1) is 35.5 Å². The van der Waals surface area contributed by atoms with E-state index in [4.69, 9.17) is 5.73 Å². The lowest BCUT2D eigenvalue weighted by Gasteiger charge is -2.09. The molecule has 136 valence electrons. The van der Waals surface area contributed by atoms with Crippen LogP contribution in [-0.2, 0) is 6.54 Å². The molecule has 0 saturated carbocycles. The molecule has 0 saturated heterocycles. The van der Waals surface area contributed by atoms with Crippen LogP contribution in [-0.4, -0.2) is 21.9 Å². The molecule has 0 aliphatic heterocycles. The number of ketones is 1. The Hall–Kier alpha value is -3.37. The largest absolute Gasteiger partial charge is 0.327 e. The van der Waals surface area contributed by atoms with Gasteiger partial charge in [0.15, 0.2) is 5.78 Å². The van der Waals surface area contributed by atoms with Gasteiger partial charge in [-0.2, -0.15) is 5.26 Å². The number of allylic oxidation sites excluding steroid dienone is 1. The summed E-state index contributed by atoms with van der Waals surface area (Å²) in [4.78, 5) is 15.9. The van der Waals surface area contributed by atoms with E-state index in [0.29, 0.717) is 22.2 Å². The van der Waals surface area contributed by atoms with Crippen molar-refractivity contribution in [3.63, 3.8) is 0 Å². The van der Waals surface area contributed by atoms with Crippen LogP contribution in [0.5, 0.6) is 0 Å². The molecule has 0 bridgehead atoms. The summed E-state index contributed by atoms with van der Waals surface area (Å²) >= 11 is 0. The maximum atomic E-state index is 14.5. The summed E-state index contributed by atoms with van der Waals surface area (Å²) in [5.74, 6) is -1.19. The fourth-order valence-electron chi connectivity index (χ4n) is 2.87. The molecular weight excluding hydrogens is 350 g/mol. The fourth-order valence-corrected chi connectivity index (χ4v) is 2.87. The van der Waals surface area contributed by atoms with Gasteiger partial charge in [-0.1, -0.05) is 0 Å². The van der Waals surface area contributed by atoms with Crippen molar-refractivity contribution in [2.75, 3.05) is 6.54 Å². The van der Waals surface area contributed by atoms with Crippen LogP contribution in [0.3, 0.4) is 0 Å². The number of nitriles is 1. The Kier molecular flexibility index (Phi) is 5.10. The number of aromatic nitrogens is 2. The first-order valence-corrected chi connectivity index (χ1v) is 8.19. The standard InChI is InChI=1S/C20H16F2N4O/c1-12(27)14-2-3-18(22)16(8-14)17-6-13(9-24)7-19-20(17)25-11-26(19)10-15(21)4-5-23/h2-4,6-8,11H,5,10,23H2,1H3/b15-4-. The monoisotopic (exact) mass is 366 g/mol. The molecule has 0 radical (unpaired) electrons. The van der Waals surface area contributed by atoms with Gasteiger partial charge < -0.3 is 10.3 Å². The molecule has 0 amide bonds. The van der Waals surface area contributed by atoms with Crippen LogP contribution < -0.4 is 5.73 Å². The van der Waals surface area contributed by atoms with Gasteiger partial charge in [0.1, 0.15) is 11.6 Å². The zero-order chi connectivity index (χ0) is 19.6. The third-order valence-electron chi connectivity index (χ3n) is 4.18. The fraction of sp³-hybridized carbons (Fsp3) is 0.150. The quantitative estimate of drug-likeness (QED) is 0.697. The molecule has 3 rings (SSSR count). The first-order chi connectivity index (χ1) is 12.9. The minimum atomic E-state index is -0.542. The van der Waals surface area contributed by atoms with Crippen LogP contribution in [0, 0.1) is 17.1 Å². The number of rotatable bonds is 5. The third-order valence-corrected chi connectivity index (χ3v) is 4.18. The van der Waals surface area contributed by atoms with Crippen molar-refractivity contribution in [1.82, 2.24) is 9.55 Å². The molecule has 3 aromatic rings. The SMILES string of the molecule is CC(=O)c1ccc(F)c(-c2cc(C#N)cc3c2ncn3C/C(F)=C/CN)c1. The molecule has 2 aromatic carbocycles. The average molecular weight is 366 g/mol. The van der Waals surface area contributed by atoms with Crippen LogP contribution in [0.15, 0.2) is 48.6 Å². The zero-order valence-electron chi connectivity index (χ0n) is 14.5. The van der Waals surface area contributed by atoms with Crippen molar-refractivity contribution in [2.24, 2.45) is 5.73 Å². The molecule has 1 aromatic heterocycles. The first-order valence-electron chi connectivity index (χ1n) is 8.19. The summed E-state index contributed by atoms with van der Waals surface area (Å²) < 4.78 is 29.9. The lowest BCUT2D eigenvalue weighted by Crippen LogP contribution is -2.01. The van der Waals surface area contributed by atoms with Crippen molar-refractivity contribution < 1.29 is 13.6 Å². The minimum absolute atomic E-state index is 0.0657. The molecule has 2 N–H and O–H groups in total. The lowest BCUT2D eigenvalue weighted by molar-refractivity contribution is 0.101. The second-order valence-corrected chi connectivity index (χ2v) is 6.01. The third kappa shape index (κ3) is 3.61. The van der Waals surface area contributed by atoms with Crippen LogP contribution in [0.25, 0.3) is 22.2 Å². The van der Waals surface area contributed by atoms with E-state index < -0.39 is 11.6 Å². The average Bonchev–Trinajstić information content (AvgIpc) is 3.04. The highest BCUT2D eigenvalue weighted by atomic mass is 19.1. The van der Waals surface area contributed by atoms with E-state index in [1.54, 1.807) is 6.07 Å². The number of carbonyl (C=O) groups is 1. The van der Waals surface area contributed by atoms with Crippen LogP contribution >= 0.6 is 0 Å². The number of imidazole rings is 1. The molecule has 0 fully saturated rings. The highest BCUT2D eigenvalue weighted by molar-refractivity contribution is 5.98. The summed E-state index contributed by atoms with van der Waals surface area (Å²) in [6.07, 6.45) is 2.67. The van der Waals surface area contributed by atoms with Gasteiger partial charge in [0.25, 0.3) is 0 Å². The number of benzene rings is 2. The summed E-state index contributed by atoms with van der Waals surface area (Å²) in [7, 11) is 0. The van der Waals surface area contributed by atoms with Gasteiger partial charge >= 0.3 is 0 Å². The maximum Gasteiger partial charge on any atom is 0.159 e. The van der Waals surface area contributed by atoms with E-state index in [2.05, 4.69) is 4.98 Å². The van der Waals surface area contributed by atoms with E-state index in [-0.39, 0.29) is 30.0 Å². The Morgan fingerprint density at radius 3 is 2.78 bits per heavy atom. The van der Waals surface area contributed by atoms with E-state index >= 15 is 0 Å². The minimum Gasteiger partial charge on any atom is -0.327 e. The number of nitrogens with zero attached hydrogens (tertiary/aromatic N) is 3. The van der Waals surface area contributed by atoms with E-state index in [1.807, 2.05) is 6.07 Å². The molecule has 0 atom stereocenters. The predicted molar refractivity (Wildman–Crippen MR) is 98.1 cm³/mol. The molecule has 5 nitrogen and oxygen atoms in total. The Balaban J connectivity index is 2.24. The lowest BCUT2D eigenvalue weighted by atomic mass is 9.98. The number of hydrogen-bond acceptors (Lipinski definition) is 4. The first kappa shape index (κ1) is 18.4. The molecular formula is C20H16F2N4O. The van der Waals surface area contributed by atoms with Crippen molar-refractivity contribution >= 4 is 16.8 Å². The zero-order valence-corrected chi connectivity index (χ0v) is 14.5. The van der Waals surface area contributed by atoms with Gasteiger partial charge in [-0.25, -0.2) is 13.8 Å². The molecule has 1 heterocycles. The topological polar surface area (TPSA) is 84.7 Å². The van der Waals surface area contributed by atoms with Crippen LogP contribution in [0.4, 0.5) is 8.78 Å². The number of Topliss-reactive ketones (excluding diaryl/α,β-unsaturated/α-hetero) is 1. The van der Waals surface area contributed by atoms with E-state index in [9.17, 15) is 18.8 Å². The molecule has 0 unspecified atom stereocenters. The second-order valence-electron chi connectivity index (χ2n) is 6.01. The summed E-state index contributed by atoms with van der Waals surface area (Å²) in [6, 6.07) is 9.13. The predicted octanol–water partition coefficient (Wildman–Crippen LogP) is 3.73. The summed E-state index contributed by atoms with van der Waals surface area (Å²) in [5, 5.41) is 9.35. The highest BCUT2D eigenvalue weighted by Gasteiger charge is 2.16. The number of carbonyl (C=O) groups excluding carboxylic acids is 1. The molecule has 0 spiro atoms. The van der Waals surface area contributed by atoms with Gasteiger partial charge in [0.2, 0.25) is 0 Å². The Morgan fingerprint density at radius 2 is 2.11 bits per heavy atom. The number of hydrogen-bond donors (Lipinski definition) is 1.